The smallest absolute Gasteiger partial charge is 0.672 e. The molecule has 0 rings (SSSR count). The summed E-state index contributed by atoms with van der Waals surface area (Å²) in [6, 6.07) is 0. The summed E-state index contributed by atoms with van der Waals surface area (Å²) in [6.07, 6.45) is 0. The van der Waals surface area contributed by atoms with E-state index in [0.717, 1.165) is 0 Å². The molecule has 0 amide bonds. The van der Waals surface area contributed by atoms with Gasteiger partial charge in [-0.05, 0) is 0 Å². The zero-order valence-electron chi connectivity index (χ0n) is 8.40. The van der Waals surface area contributed by atoms with E-state index in [1.54, 1.807) is 0 Å². The normalized spacial score (nSPS) is 5.05. The molecule has 0 saturated carbocycles. The van der Waals surface area contributed by atoms with Crippen LogP contribution in [0, 0.1) is 123 Å². The largest absolute Gasteiger partial charge is 3.00 e. The van der Waals surface area contributed by atoms with E-state index in [1.165, 1.54) is 0 Å². The summed E-state index contributed by atoms with van der Waals surface area (Å²) in [5.41, 5.74) is 0. The van der Waals surface area contributed by atoms with Crippen LogP contribution in [0.2, 0.25) is 0 Å². The van der Waals surface area contributed by atoms with Crippen LogP contribution in [-0.2, 0) is 17.8 Å². The molecular weight excluding hydrogens is 737 g/mol. The van der Waals surface area contributed by atoms with Crippen LogP contribution in [0.15, 0.2) is 0 Å². The molecule has 0 fully saturated rings. The maximum atomic E-state index is 8.52. The molecule has 0 aromatic rings. The van der Waals surface area contributed by atoms with Crippen LogP contribution >= 0.6 is 0 Å². The second kappa shape index (κ2) is 37.1. The van der Waals surface area contributed by atoms with Gasteiger partial charge in [0.05, 0.1) is 0 Å². The average Bonchev–Trinajstić information content (AvgIpc) is 1.76. The second-order valence-electron chi connectivity index (χ2n) is 1.00. The Balaban J connectivity index is -0.0000000192. The van der Waals surface area contributed by atoms with Gasteiger partial charge in [0.2, 0.25) is 0 Å². The van der Waals surface area contributed by atoms with E-state index in [0.29, 0.717) is 0 Å². The first-order valence-electron chi connectivity index (χ1n) is 2.45. The summed E-state index contributed by atoms with van der Waals surface area (Å²) in [5.74, 6) is 0. The summed E-state index contributed by atoms with van der Waals surface area (Å²) in [7, 11) is -14.5. The molecule has 12 nitrogen and oxygen atoms in total. The number of rotatable bonds is 0. The quantitative estimate of drug-likeness (QED) is 0.210. The van der Waals surface area contributed by atoms with E-state index >= 15 is 0 Å². The molecule has 0 unspecified atom stereocenters. The monoisotopic (exact) mass is 730 g/mol. The van der Waals surface area contributed by atoms with Crippen LogP contribution in [0.4, 0.5) is 0 Å². The van der Waals surface area contributed by atoms with Gasteiger partial charge in [-0.25, -0.2) is 0 Å². The molecule has 0 aliphatic rings. The van der Waals surface area contributed by atoms with Gasteiger partial charge < -0.3 is 56.2 Å². The third-order valence-corrected chi connectivity index (χ3v) is 0. The minimum atomic E-state index is -3.63. The van der Waals surface area contributed by atoms with E-state index in [-0.39, 0.29) is 123 Å². The molecule has 19 heavy (non-hydrogen) atoms. The summed E-state index contributed by atoms with van der Waals surface area (Å²) in [4.78, 5) is 68.1. The molecule has 0 N–H and O–H groups in total. The summed E-state index contributed by atoms with van der Waals surface area (Å²) >= 11 is 0. The van der Waals surface area contributed by atoms with Crippen molar-refractivity contribution in [1.29, 1.82) is 0 Å². The Morgan fingerprint density at radius 3 is 0.368 bits per heavy atom. The fourth-order valence-electron chi connectivity index (χ4n) is 0. The van der Waals surface area contributed by atoms with Gasteiger partial charge in [0, 0.05) is 36.7 Å². The Morgan fingerprint density at radius 1 is 0.368 bits per heavy atom. The SMILES string of the molecule is O=[Si]([O-])[O-].O=[Si]([O-])[O-].O=[Si]([O-])[O-].O=[Si]([O-])[O-].[Nd+3].[Nd+3].[Nd+3]. The predicted octanol–water partition coefficient (Wildman–Crippen LogP) is -11.5. The second-order valence-corrected chi connectivity index (χ2v) is 3.00. The van der Waals surface area contributed by atoms with Crippen molar-refractivity contribution in [1.82, 2.24) is 0 Å². The Morgan fingerprint density at radius 2 is 0.368 bits per heavy atom. The van der Waals surface area contributed by atoms with E-state index in [9.17, 15) is 0 Å². The molecule has 0 aromatic carbocycles. The van der Waals surface area contributed by atoms with Gasteiger partial charge >= 0.3 is 123 Å². The zero-order valence-corrected chi connectivity index (χ0v) is 22.0. The van der Waals surface area contributed by atoms with Gasteiger partial charge in [-0.2, -0.15) is 0 Å². The Bertz CT molecular complexity index is 165. The zero-order chi connectivity index (χ0) is 14.3. The molecule has 0 saturated heterocycles. The molecule has 99 valence electrons. The van der Waals surface area contributed by atoms with Crippen LogP contribution < -0.4 is 38.4 Å². The first kappa shape index (κ1) is 43.0. The minimum absolute atomic E-state index is 0. The van der Waals surface area contributed by atoms with Crippen molar-refractivity contribution in [2.24, 2.45) is 0 Å². The van der Waals surface area contributed by atoms with Crippen molar-refractivity contribution < 1.29 is 179 Å². The molecule has 0 aliphatic carbocycles. The van der Waals surface area contributed by atoms with Crippen molar-refractivity contribution in [2.45, 2.75) is 0 Å². The van der Waals surface area contributed by atoms with Crippen molar-refractivity contribution in [3.05, 3.63) is 0 Å². The standard InChI is InChI=1S/3Nd.4O3Si/c;;;4*1-4(2)3/q3*+3;4*-2. The Hall–Kier alpha value is 2.52. The molecule has 0 atom stereocenters. The third-order valence-electron chi connectivity index (χ3n) is 0. The van der Waals surface area contributed by atoms with E-state index in [4.69, 9.17) is 56.2 Å². The third kappa shape index (κ3) is 1110. The Labute approximate surface area is 211 Å². The molecule has 0 bridgehead atoms. The van der Waals surface area contributed by atoms with Crippen LogP contribution in [0.3, 0.4) is 0 Å². The van der Waals surface area contributed by atoms with Crippen molar-refractivity contribution >= 4 is 36.7 Å². The van der Waals surface area contributed by atoms with Crippen molar-refractivity contribution in [2.75, 3.05) is 0 Å². The maximum absolute atomic E-state index is 8.52. The Kier molecular flexibility index (Phi) is 83.9. The molecule has 0 aliphatic heterocycles. The predicted molar refractivity (Wildman–Crippen MR) is 25.8 cm³/mol. The van der Waals surface area contributed by atoms with Crippen LogP contribution in [0.1, 0.15) is 0 Å². The molecule has 0 spiro atoms. The average molecular weight is 737 g/mol. The molecule has 0 heterocycles. The molecule has 0 aromatic heterocycles. The van der Waals surface area contributed by atoms with Crippen LogP contribution in [0.25, 0.3) is 0 Å². The van der Waals surface area contributed by atoms with Gasteiger partial charge in [0.25, 0.3) is 0 Å². The fraction of sp³-hybridized carbons (Fsp3) is 0. The van der Waals surface area contributed by atoms with E-state index < -0.39 is 36.7 Å². The summed E-state index contributed by atoms with van der Waals surface area (Å²) in [5, 5.41) is 0. The van der Waals surface area contributed by atoms with Crippen molar-refractivity contribution in [3.63, 3.8) is 0 Å². The maximum Gasteiger partial charge on any atom is 3.00 e. The number of hydrogen-bond donors (Lipinski definition) is 0. The van der Waals surface area contributed by atoms with E-state index in [2.05, 4.69) is 0 Å². The number of hydrogen-bond acceptors (Lipinski definition) is 12. The van der Waals surface area contributed by atoms with Gasteiger partial charge in [-0.1, -0.05) is 0 Å². The molecular formula is Nd3O12Si4+. The minimum Gasteiger partial charge on any atom is -0.672 e. The fourth-order valence-corrected chi connectivity index (χ4v) is 0. The van der Waals surface area contributed by atoms with Crippen LogP contribution in [0.5, 0.6) is 0 Å². The first-order chi connectivity index (χ1) is 6.93. The van der Waals surface area contributed by atoms with Gasteiger partial charge in [-0.15, -0.1) is 0 Å². The van der Waals surface area contributed by atoms with Gasteiger partial charge in [0.1, 0.15) is 0 Å². The van der Waals surface area contributed by atoms with Gasteiger partial charge in [-0.3, -0.25) is 0 Å². The first-order valence-corrected chi connectivity index (χ1v) is 7.35. The molecule has 3 radical (unpaired) electrons. The van der Waals surface area contributed by atoms with Gasteiger partial charge in [0.15, 0.2) is 0 Å². The summed E-state index contributed by atoms with van der Waals surface area (Å²) in [6.45, 7) is 0. The topological polar surface area (TPSA) is 253 Å². The van der Waals surface area contributed by atoms with E-state index in [1.807, 2.05) is 0 Å². The van der Waals surface area contributed by atoms with Crippen LogP contribution in [-0.4, -0.2) is 36.7 Å². The summed E-state index contributed by atoms with van der Waals surface area (Å²) < 4.78 is 34.1. The van der Waals surface area contributed by atoms with Crippen molar-refractivity contribution in [3.8, 4) is 0 Å². The molecule has 19 heteroatoms.